The number of sulfonamides is 1. The van der Waals surface area contributed by atoms with Gasteiger partial charge in [0.05, 0.1) is 9.47 Å². The first-order valence-electron chi connectivity index (χ1n) is 6.57. The normalized spacial score (nSPS) is 14.8. The Morgan fingerprint density at radius 1 is 1.38 bits per heavy atom. The summed E-state index contributed by atoms with van der Waals surface area (Å²) in [6.07, 6.45) is 0.925. The van der Waals surface area contributed by atoms with Crippen LogP contribution in [0.25, 0.3) is 0 Å². The van der Waals surface area contributed by atoms with Gasteiger partial charge in [-0.2, -0.15) is 0 Å². The van der Waals surface area contributed by atoms with Crippen LogP contribution < -0.4 is 10.0 Å². The second kappa shape index (κ2) is 5.72. The number of fused-ring (bicyclic) bond motifs is 1. The van der Waals surface area contributed by atoms with Crippen molar-refractivity contribution in [3.8, 4) is 0 Å². The van der Waals surface area contributed by atoms with Crippen LogP contribution in [0.4, 0.5) is 5.69 Å². The molecule has 0 aliphatic carbocycles. The van der Waals surface area contributed by atoms with E-state index in [1.54, 1.807) is 6.07 Å². The maximum Gasteiger partial charge on any atom is 0.263 e. The van der Waals surface area contributed by atoms with Crippen molar-refractivity contribution in [1.82, 2.24) is 5.32 Å². The molecule has 0 spiro atoms. The van der Waals surface area contributed by atoms with Gasteiger partial charge in [-0.15, -0.1) is 11.3 Å². The van der Waals surface area contributed by atoms with E-state index >= 15 is 0 Å². The highest BCUT2D eigenvalue weighted by Crippen LogP contribution is 2.32. The van der Waals surface area contributed by atoms with Crippen LogP contribution in [0.1, 0.15) is 16.0 Å². The van der Waals surface area contributed by atoms with E-state index in [4.69, 9.17) is 0 Å². The number of anilines is 1. The van der Waals surface area contributed by atoms with Gasteiger partial charge in [0.15, 0.2) is 0 Å². The number of hydrogen-bond donors (Lipinski definition) is 2. The van der Waals surface area contributed by atoms with Gasteiger partial charge < -0.3 is 5.32 Å². The third kappa shape index (κ3) is 3.01. The van der Waals surface area contributed by atoms with Crippen molar-refractivity contribution in [3.63, 3.8) is 0 Å². The smallest absolute Gasteiger partial charge is 0.263 e. The maximum absolute atomic E-state index is 12.6. The number of nitrogens with one attached hydrogen (secondary N) is 2. The number of rotatable bonds is 3. The lowest BCUT2D eigenvalue weighted by molar-refractivity contribution is 0.600. The van der Waals surface area contributed by atoms with E-state index in [1.165, 1.54) is 16.9 Å². The molecule has 0 unspecified atom stereocenters. The predicted octanol–water partition coefficient (Wildman–Crippen LogP) is 3.27. The quantitative estimate of drug-likeness (QED) is 0.850. The van der Waals surface area contributed by atoms with Gasteiger partial charge in [-0.25, -0.2) is 8.42 Å². The largest absolute Gasteiger partial charge is 0.312 e. The van der Waals surface area contributed by atoms with Gasteiger partial charge in [0, 0.05) is 11.4 Å². The summed E-state index contributed by atoms with van der Waals surface area (Å²) < 4.78 is 28.7. The predicted molar refractivity (Wildman–Crippen MR) is 89.4 cm³/mol. The molecule has 4 nitrogen and oxygen atoms in total. The number of thiophene rings is 1. The minimum atomic E-state index is -3.55. The van der Waals surface area contributed by atoms with Gasteiger partial charge in [0.1, 0.15) is 4.90 Å². The third-order valence-corrected chi connectivity index (χ3v) is 6.70. The lowest BCUT2D eigenvalue weighted by Gasteiger charge is -2.21. The topological polar surface area (TPSA) is 58.2 Å². The molecule has 0 atom stereocenters. The van der Waals surface area contributed by atoms with E-state index in [0.717, 1.165) is 27.2 Å². The van der Waals surface area contributed by atoms with Crippen molar-refractivity contribution in [3.05, 3.63) is 44.1 Å². The zero-order valence-electron chi connectivity index (χ0n) is 11.4. The van der Waals surface area contributed by atoms with E-state index in [1.807, 2.05) is 19.1 Å². The minimum absolute atomic E-state index is 0.334. The lowest BCUT2D eigenvalue weighted by Crippen LogP contribution is -2.25. The van der Waals surface area contributed by atoms with Crippen LogP contribution in [0, 0.1) is 6.92 Å². The SMILES string of the molecule is Cc1sc(Br)cc1S(=O)(=O)Nc1cccc2c1CNCC2. The van der Waals surface area contributed by atoms with Crippen LogP contribution in [-0.2, 0) is 23.0 Å². The fourth-order valence-electron chi connectivity index (χ4n) is 2.51. The summed E-state index contributed by atoms with van der Waals surface area (Å²) in [6, 6.07) is 7.43. The fraction of sp³-hybridized carbons (Fsp3) is 0.286. The minimum Gasteiger partial charge on any atom is -0.312 e. The maximum atomic E-state index is 12.6. The number of hydrogen-bond acceptors (Lipinski definition) is 4. The van der Waals surface area contributed by atoms with Crippen molar-refractivity contribution in [2.24, 2.45) is 0 Å². The lowest BCUT2D eigenvalue weighted by atomic mass is 10.00. The molecule has 112 valence electrons. The van der Waals surface area contributed by atoms with E-state index in [9.17, 15) is 8.42 Å². The Morgan fingerprint density at radius 2 is 2.19 bits per heavy atom. The van der Waals surface area contributed by atoms with Crippen molar-refractivity contribution in [2.75, 3.05) is 11.3 Å². The molecule has 0 radical (unpaired) electrons. The highest BCUT2D eigenvalue weighted by Gasteiger charge is 2.22. The molecular weight excluding hydrogens is 372 g/mol. The van der Waals surface area contributed by atoms with Crippen LogP contribution in [0.3, 0.4) is 0 Å². The first-order valence-corrected chi connectivity index (χ1v) is 9.67. The molecule has 0 bridgehead atoms. The van der Waals surface area contributed by atoms with E-state index in [2.05, 4.69) is 32.0 Å². The summed E-state index contributed by atoms with van der Waals surface area (Å²) in [7, 11) is -3.55. The zero-order chi connectivity index (χ0) is 15.0. The Bertz CT molecular complexity index is 784. The van der Waals surface area contributed by atoms with Crippen molar-refractivity contribution in [1.29, 1.82) is 0 Å². The molecule has 3 rings (SSSR count). The van der Waals surface area contributed by atoms with Crippen LogP contribution in [0.2, 0.25) is 0 Å². The van der Waals surface area contributed by atoms with Gasteiger partial charge >= 0.3 is 0 Å². The molecule has 2 aromatic rings. The molecular formula is C14H15BrN2O2S2. The Hall–Kier alpha value is -0.890. The van der Waals surface area contributed by atoms with Gasteiger partial charge in [0.25, 0.3) is 10.0 Å². The Kier molecular flexibility index (Phi) is 4.09. The molecule has 1 aromatic carbocycles. The van der Waals surface area contributed by atoms with Gasteiger partial charge in [-0.05, 0) is 59.1 Å². The van der Waals surface area contributed by atoms with Crippen molar-refractivity contribution >= 4 is 43.0 Å². The summed E-state index contributed by atoms with van der Waals surface area (Å²) in [4.78, 5) is 1.11. The highest BCUT2D eigenvalue weighted by atomic mass is 79.9. The second-order valence-electron chi connectivity index (χ2n) is 4.95. The molecule has 7 heteroatoms. The first-order chi connectivity index (χ1) is 9.97. The zero-order valence-corrected chi connectivity index (χ0v) is 14.7. The summed E-state index contributed by atoms with van der Waals surface area (Å²) in [6.45, 7) is 3.44. The van der Waals surface area contributed by atoms with Crippen molar-refractivity contribution in [2.45, 2.75) is 24.8 Å². The summed E-state index contributed by atoms with van der Waals surface area (Å²) in [5.74, 6) is 0. The second-order valence-corrected chi connectivity index (χ2v) is 9.23. The van der Waals surface area contributed by atoms with E-state index in [0.29, 0.717) is 17.1 Å². The van der Waals surface area contributed by atoms with Crippen LogP contribution in [-0.4, -0.2) is 15.0 Å². The molecule has 0 fully saturated rings. The molecule has 21 heavy (non-hydrogen) atoms. The Morgan fingerprint density at radius 3 is 2.90 bits per heavy atom. The van der Waals surface area contributed by atoms with Crippen molar-refractivity contribution < 1.29 is 8.42 Å². The molecule has 0 saturated heterocycles. The monoisotopic (exact) mass is 386 g/mol. The number of halogens is 1. The molecule has 0 amide bonds. The average molecular weight is 387 g/mol. The van der Waals surface area contributed by atoms with Gasteiger partial charge in [-0.1, -0.05) is 12.1 Å². The molecule has 0 saturated carbocycles. The number of aryl methyl sites for hydroxylation is 1. The average Bonchev–Trinajstić information content (AvgIpc) is 2.79. The molecule has 2 heterocycles. The Balaban J connectivity index is 1.98. The third-order valence-electron chi connectivity index (χ3n) is 3.52. The summed E-state index contributed by atoms with van der Waals surface area (Å²) in [5, 5.41) is 3.28. The van der Waals surface area contributed by atoms with Crippen LogP contribution >= 0.6 is 27.3 Å². The highest BCUT2D eigenvalue weighted by molar-refractivity contribution is 9.11. The van der Waals surface area contributed by atoms with Crippen LogP contribution in [0.15, 0.2) is 32.9 Å². The van der Waals surface area contributed by atoms with Gasteiger partial charge in [0.2, 0.25) is 0 Å². The molecule has 1 aliphatic heterocycles. The van der Waals surface area contributed by atoms with E-state index < -0.39 is 10.0 Å². The Labute approximate surface area is 136 Å². The molecule has 2 N–H and O–H groups in total. The van der Waals surface area contributed by atoms with E-state index in [-0.39, 0.29) is 0 Å². The molecule has 1 aliphatic rings. The van der Waals surface area contributed by atoms with Crippen LogP contribution in [0.5, 0.6) is 0 Å². The standard InChI is InChI=1S/C14H15BrN2O2S2/c1-9-13(7-14(15)20-9)21(18,19)17-12-4-2-3-10-5-6-16-8-11(10)12/h2-4,7,16-17H,5-6,8H2,1H3. The number of benzene rings is 1. The summed E-state index contributed by atoms with van der Waals surface area (Å²) >= 11 is 4.76. The van der Waals surface area contributed by atoms with Gasteiger partial charge in [-0.3, -0.25) is 4.72 Å². The fourth-order valence-corrected chi connectivity index (χ4v) is 6.02. The summed E-state index contributed by atoms with van der Waals surface area (Å²) in [5.41, 5.74) is 2.91. The molecule has 1 aromatic heterocycles. The first kappa shape index (κ1) is 15.0.